The van der Waals surface area contributed by atoms with E-state index in [4.69, 9.17) is 11.6 Å². The lowest BCUT2D eigenvalue weighted by molar-refractivity contribution is -0.385. The van der Waals surface area contributed by atoms with E-state index in [1.807, 2.05) is 0 Å². The molecule has 1 rings (SSSR count). The summed E-state index contributed by atoms with van der Waals surface area (Å²) in [4.78, 5) is 10.1. The highest BCUT2D eigenvalue weighted by atomic mass is 35.5. The van der Waals surface area contributed by atoms with Crippen molar-refractivity contribution in [3.8, 4) is 0 Å². The van der Waals surface area contributed by atoms with E-state index in [1.165, 1.54) is 6.07 Å². The van der Waals surface area contributed by atoms with E-state index in [1.54, 1.807) is 13.8 Å². The van der Waals surface area contributed by atoms with Crippen LogP contribution in [-0.4, -0.2) is 25.8 Å². The molecule has 1 aromatic rings. The van der Waals surface area contributed by atoms with Crippen molar-refractivity contribution >= 4 is 27.3 Å². The van der Waals surface area contributed by atoms with E-state index in [0.717, 1.165) is 6.07 Å². The molecule has 0 saturated carbocycles. The van der Waals surface area contributed by atoms with Crippen molar-refractivity contribution in [1.82, 2.24) is 4.72 Å². The van der Waals surface area contributed by atoms with Gasteiger partial charge in [-0.25, -0.2) is 13.1 Å². The summed E-state index contributed by atoms with van der Waals surface area (Å²) in [6.45, 7) is 3.46. The van der Waals surface area contributed by atoms with Gasteiger partial charge in [0.1, 0.15) is 0 Å². The van der Waals surface area contributed by atoms with Gasteiger partial charge in [0.05, 0.1) is 9.82 Å². The third-order valence-corrected chi connectivity index (χ3v) is 4.56. The molecule has 19 heavy (non-hydrogen) atoms. The maximum Gasteiger partial charge on any atom is 0.271 e. The van der Waals surface area contributed by atoms with Gasteiger partial charge in [-0.05, 0) is 31.4 Å². The summed E-state index contributed by atoms with van der Waals surface area (Å²) < 4.78 is 26.5. The molecule has 8 heteroatoms. The summed E-state index contributed by atoms with van der Waals surface area (Å²) in [5.41, 5.74) is 0.830. The number of aryl methyl sites for hydroxylation is 1. The van der Waals surface area contributed by atoms with Crippen LogP contribution in [0.4, 0.5) is 5.69 Å². The molecule has 0 aromatic heterocycles. The van der Waals surface area contributed by atoms with Crippen LogP contribution >= 0.6 is 11.6 Å². The van der Waals surface area contributed by atoms with Crippen molar-refractivity contribution in [2.24, 2.45) is 0 Å². The van der Waals surface area contributed by atoms with Crippen molar-refractivity contribution in [2.75, 3.05) is 12.4 Å². The molecule has 6 nitrogen and oxygen atoms in total. The number of nitro benzene ring substituents is 1. The van der Waals surface area contributed by atoms with Crippen molar-refractivity contribution in [3.63, 3.8) is 0 Å². The Morgan fingerprint density at radius 3 is 2.53 bits per heavy atom. The number of halogens is 1. The topological polar surface area (TPSA) is 89.3 Å². The largest absolute Gasteiger partial charge is 0.271 e. The molecular weight excluding hydrogens is 292 g/mol. The second-order valence-electron chi connectivity index (χ2n) is 4.08. The van der Waals surface area contributed by atoms with Gasteiger partial charge in [0, 0.05) is 24.6 Å². The standard InChI is InChI=1S/C11H15ClN2O4S/c1-8-6-10(14(15)16)7-11(9(8)2)19(17,18)13-5-3-4-12/h6-7,13H,3-5H2,1-2H3. The minimum absolute atomic E-state index is 0.0613. The summed E-state index contributed by atoms with van der Waals surface area (Å²) in [7, 11) is -3.75. The molecule has 0 aliphatic rings. The zero-order chi connectivity index (χ0) is 14.6. The third kappa shape index (κ3) is 3.89. The van der Waals surface area contributed by atoms with Crippen LogP contribution in [0, 0.1) is 24.0 Å². The summed E-state index contributed by atoms with van der Waals surface area (Å²) in [5.74, 6) is 0.343. The predicted molar refractivity (Wildman–Crippen MR) is 73.1 cm³/mol. The van der Waals surface area contributed by atoms with Crippen molar-refractivity contribution < 1.29 is 13.3 Å². The van der Waals surface area contributed by atoms with Crippen LogP contribution in [0.2, 0.25) is 0 Å². The molecule has 106 valence electrons. The number of benzene rings is 1. The van der Waals surface area contributed by atoms with Gasteiger partial charge >= 0.3 is 0 Å². The molecule has 0 atom stereocenters. The van der Waals surface area contributed by atoms with Crippen LogP contribution in [0.1, 0.15) is 17.5 Å². The first kappa shape index (κ1) is 15.9. The van der Waals surface area contributed by atoms with Crippen molar-refractivity contribution in [3.05, 3.63) is 33.4 Å². The van der Waals surface area contributed by atoms with Gasteiger partial charge < -0.3 is 0 Å². The maximum absolute atomic E-state index is 12.1. The molecule has 0 aliphatic carbocycles. The minimum Gasteiger partial charge on any atom is -0.258 e. The van der Waals surface area contributed by atoms with E-state index in [2.05, 4.69) is 4.72 Å². The Bertz CT molecular complexity index is 587. The molecule has 0 radical (unpaired) electrons. The molecular formula is C11H15ClN2O4S. The lowest BCUT2D eigenvalue weighted by Gasteiger charge is -2.10. The normalized spacial score (nSPS) is 11.5. The van der Waals surface area contributed by atoms with Gasteiger partial charge in [0.15, 0.2) is 0 Å². The summed E-state index contributed by atoms with van der Waals surface area (Å²) in [5, 5.41) is 10.8. The SMILES string of the molecule is Cc1cc([N+](=O)[O-])cc(S(=O)(=O)NCCCCl)c1C. The van der Waals surface area contributed by atoms with Gasteiger partial charge in [0.25, 0.3) is 5.69 Å². The van der Waals surface area contributed by atoms with Crippen molar-refractivity contribution in [2.45, 2.75) is 25.2 Å². The second-order valence-corrected chi connectivity index (χ2v) is 6.20. The number of alkyl halides is 1. The molecule has 0 heterocycles. The Morgan fingerprint density at radius 1 is 1.37 bits per heavy atom. The second kappa shape index (κ2) is 6.31. The average molecular weight is 307 g/mol. The van der Waals surface area contributed by atoms with E-state index < -0.39 is 14.9 Å². The first-order valence-corrected chi connectivity index (χ1v) is 7.62. The Hall–Kier alpha value is -1.18. The van der Waals surface area contributed by atoms with Crippen LogP contribution in [0.15, 0.2) is 17.0 Å². The predicted octanol–water partition coefficient (Wildman–Crippen LogP) is 2.12. The number of rotatable bonds is 6. The van der Waals surface area contributed by atoms with Crippen LogP contribution in [0.25, 0.3) is 0 Å². The van der Waals surface area contributed by atoms with E-state index in [-0.39, 0.29) is 17.1 Å². The van der Waals surface area contributed by atoms with Crippen LogP contribution in [0.3, 0.4) is 0 Å². The van der Waals surface area contributed by atoms with Gasteiger partial charge in [0.2, 0.25) is 10.0 Å². The van der Waals surface area contributed by atoms with Crippen molar-refractivity contribution in [1.29, 1.82) is 0 Å². The zero-order valence-corrected chi connectivity index (χ0v) is 12.2. The summed E-state index contributed by atoms with van der Waals surface area (Å²) in [6, 6.07) is 2.43. The monoisotopic (exact) mass is 306 g/mol. The van der Waals surface area contributed by atoms with E-state index in [9.17, 15) is 18.5 Å². The van der Waals surface area contributed by atoms with Gasteiger partial charge in [-0.15, -0.1) is 11.6 Å². The first-order valence-electron chi connectivity index (χ1n) is 5.61. The van der Waals surface area contributed by atoms with Crippen LogP contribution in [0.5, 0.6) is 0 Å². The van der Waals surface area contributed by atoms with E-state index >= 15 is 0 Å². The quantitative estimate of drug-likeness (QED) is 0.377. The maximum atomic E-state index is 12.1. The highest BCUT2D eigenvalue weighted by molar-refractivity contribution is 7.89. The Balaban J connectivity index is 3.21. The highest BCUT2D eigenvalue weighted by Crippen LogP contribution is 2.25. The Labute approximate surface area is 117 Å². The van der Waals surface area contributed by atoms with Gasteiger partial charge in [-0.1, -0.05) is 0 Å². The van der Waals surface area contributed by atoms with Gasteiger partial charge in [-0.2, -0.15) is 0 Å². The molecule has 1 aromatic carbocycles. The zero-order valence-electron chi connectivity index (χ0n) is 10.6. The molecule has 0 saturated heterocycles. The molecule has 0 aliphatic heterocycles. The number of sulfonamides is 1. The number of hydrogen-bond donors (Lipinski definition) is 1. The fourth-order valence-corrected chi connectivity index (χ4v) is 3.09. The van der Waals surface area contributed by atoms with Crippen LogP contribution in [-0.2, 0) is 10.0 Å². The lowest BCUT2D eigenvalue weighted by Crippen LogP contribution is -2.26. The molecule has 0 fully saturated rings. The Kier molecular flexibility index (Phi) is 5.28. The fourth-order valence-electron chi connectivity index (χ4n) is 1.54. The molecule has 0 bridgehead atoms. The molecule has 1 N–H and O–H groups in total. The smallest absolute Gasteiger partial charge is 0.258 e. The lowest BCUT2D eigenvalue weighted by atomic mass is 10.1. The average Bonchev–Trinajstić information content (AvgIpc) is 2.32. The van der Waals surface area contributed by atoms with Gasteiger partial charge in [-0.3, -0.25) is 10.1 Å². The summed E-state index contributed by atoms with van der Waals surface area (Å²) in [6.07, 6.45) is 0.494. The van der Waals surface area contributed by atoms with E-state index in [0.29, 0.717) is 23.4 Å². The first-order chi connectivity index (χ1) is 8.79. The Morgan fingerprint density at radius 2 is 2.00 bits per heavy atom. The number of hydrogen-bond acceptors (Lipinski definition) is 4. The summed E-state index contributed by atoms with van der Waals surface area (Å²) >= 11 is 5.48. The molecule has 0 spiro atoms. The molecule has 0 amide bonds. The third-order valence-electron chi connectivity index (χ3n) is 2.71. The number of nitrogens with one attached hydrogen (secondary N) is 1. The minimum atomic E-state index is -3.75. The fraction of sp³-hybridized carbons (Fsp3) is 0.455. The van der Waals surface area contributed by atoms with Crippen LogP contribution < -0.4 is 4.72 Å². The highest BCUT2D eigenvalue weighted by Gasteiger charge is 2.21. The number of nitrogens with zero attached hydrogens (tertiary/aromatic N) is 1. The molecule has 0 unspecified atom stereocenters. The number of non-ortho nitro benzene ring substituents is 1. The number of nitro groups is 1.